The van der Waals surface area contributed by atoms with E-state index < -0.39 is 18.0 Å². The number of nitrogens with one attached hydrogen (secondary N) is 1. The van der Waals surface area contributed by atoms with Gasteiger partial charge in [0.25, 0.3) is 5.91 Å². The first-order valence-electron chi connectivity index (χ1n) is 12.4. The normalized spacial score (nSPS) is 11.6. The monoisotopic (exact) mass is 535 g/mol. The molecule has 0 aliphatic carbocycles. The van der Waals surface area contributed by atoms with Crippen LogP contribution in [0.3, 0.4) is 0 Å². The molecule has 0 fully saturated rings. The summed E-state index contributed by atoms with van der Waals surface area (Å²) in [5, 5.41) is 8.16. The molecule has 39 heavy (non-hydrogen) atoms. The van der Waals surface area contributed by atoms with Crippen molar-refractivity contribution in [1.82, 2.24) is 9.78 Å². The Balaban J connectivity index is 1.51. The number of rotatable bonds is 7. The maximum Gasteiger partial charge on any atom is 0.343 e. The summed E-state index contributed by atoms with van der Waals surface area (Å²) in [6, 6.07) is 31.2. The molecule has 7 heteroatoms. The molecule has 5 rings (SSSR count). The third-order valence-electron chi connectivity index (χ3n) is 6.13. The molecule has 0 saturated carbocycles. The van der Waals surface area contributed by atoms with Crippen LogP contribution in [0.25, 0.3) is 16.9 Å². The van der Waals surface area contributed by atoms with Gasteiger partial charge in [0.1, 0.15) is 11.3 Å². The molecule has 0 aliphatic heterocycles. The number of esters is 1. The summed E-state index contributed by atoms with van der Waals surface area (Å²) in [7, 11) is 0. The predicted molar refractivity (Wildman–Crippen MR) is 153 cm³/mol. The molecule has 1 heterocycles. The van der Waals surface area contributed by atoms with Gasteiger partial charge >= 0.3 is 5.97 Å². The topological polar surface area (TPSA) is 73.2 Å². The van der Waals surface area contributed by atoms with Gasteiger partial charge in [-0.05, 0) is 61.4 Å². The largest absolute Gasteiger partial charge is 0.444 e. The molecule has 194 valence electrons. The molecule has 5 aromatic rings. The summed E-state index contributed by atoms with van der Waals surface area (Å²) in [6.07, 6.45) is 0.434. The van der Waals surface area contributed by atoms with Crippen LogP contribution in [0.5, 0.6) is 0 Å². The molecule has 0 saturated heterocycles. The van der Waals surface area contributed by atoms with Crippen molar-refractivity contribution < 1.29 is 14.3 Å². The number of aryl methyl sites for hydroxylation is 2. The lowest BCUT2D eigenvalue weighted by molar-refractivity contribution is -0.125. The first-order valence-corrected chi connectivity index (χ1v) is 12.8. The number of halogens is 1. The minimum absolute atomic E-state index is 0.223. The lowest BCUT2D eigenvalue weighted by Crippen LogP contribution is -2.26. The molecule has 4 aromatic carbocycles. The predicted octanol–water partition coefficient (Wildman–Crippen LogP) is 7.35. The van der Waals surface area contributed by atoms with Crippen LogP contribution >= 0.6 is 11.6 Å². The second-order valence-electron chi connectivity index (χ2n) is 9.24. The average molecular weight is 536 g/mol. The SMILES string of the molecule is Cc1cc(C)cc(NC(=O)[C@H](OC(=O)c2cn(-c3ccccc3)nc2-c2ccc(Cl)cc2)c2ccccc2)c1. The number of benzene rings is 4. The first kappa shape index (κ1) is 25.9. The van der Waals surface area contributed by atoms with Crippen LogP contribution in [-0.2, 0) is 9.53 Å². The second-order valence-corrected chi connectivity index (χ2v) is 9.68. The van der Waals surface area contributed by atoms with Crippen molar-refractivity contribution in [2.24, 2.45) is 0 Å². The zero-order valence-electron chi connectivity index (χ0n) is 21.5. The van der Waals surface area contributed by atoms with Crippen molar-refractivity contribution in [1.29, 1.82) is 0 Å². The highest BCUT2D eigenvalue weighted by Crippen LogP contribution is 2.29. The van der Waals surface area contributed by atoms with Gasteiger partial charge in [-0.2, -0.15) is 5.10 Å². The Morgan fingerprint density at radius 1 is 0.846 bits per heavy atom. The second kappa shape index (κ2) is 11.4. The molecular weight excluding hydrogens is 510 g/mol. The van der Waals surface area contributed by atoms with Crippen molar-refractivity contribution in [2.45, 2.75) is 20.0 Å². The molecule has 0 radical (unpaired) electrons. The summed E-state index contributed by atoms with van der Waals surface area (Å²) >= 11 is 6.10. The van der Waals surface area contributed by atoms with Gasteiger partial charge in [0.2, 0.25) is 6.10 Å². The summed E-state index contributed by atoms with van der Waals surface area (Å²) in [4.78, 5) is 27.2. The number of nitrogens with zero attached hydrogens (tertiary/aromatic N) is 2. The van der Waals surface area contributed by atoms with Crippen LogP contribution < -0.4 is 5.32 Å². The van der Waals surface area contributed by atoms with Crippen molar-refractivity contribution >= 4 is 29.2 Å². The van der Waals surface area contributed by atoms with Crippen molar-refractivity contribution in [2.75, 3.05) is 5.32 Å². The number of anilines is 1. The molecule has 1 amide bonds. The highest BCUT2D eigenvalue weighted by Gasteiger charge is 2.29. The number of carbonyl (C=O) groups excluding carboxylic acids is 2. The van der Waals surface area contributed by atoms with E-state index in [2.05, 4.69) is 10.4 Å². The van der Waals surface area contributed by atoms with E-state index in [0.29, 0.717) is 27.5 Å². The Morgan fingerprint density at radius 3 is 2.10 bits per heavy atom. The van der Waals surface area contributed by atoms with Crippen molar-refractivity contribution in [3.63, 3.8) is 0 Å². The van der Waals surface area contributed by atoms with Crippen LogP contribution in [0.15, 0.2) is 109 Å². The summed E-state index contributed by atoms with van der Waals surface area (Å²) < 4.78 is 7.54. The number of hydrogen-bond donors (Lipinski definition) is 1. The van der Waals surface area contributed by atoms with Crippen LogP contribution in [0.1, 0.15) is 33.2 Å². The van der Waals surface area contributed by atoms with E-state index in [9.17, 15) is 9.59 Å². The third-order valence-corrected chi connectivity index (χ3v) is 6.38. The minimum Gasteiger partial charge on any atom is -0.444 e. The van der Waals surface area contributed by atoms with Gasteiger partial charge in [-0.15, -0.1) is 0 Å². The van der Waals surface area contributed by atoms with Gasteiger partial charge in [-0.1, -0.05) is 78.3 Å². The van der Waals surface area contributed by atoms with Gasteiger partial charge in [0.05, 0.1) is 5.69 Å². The number of ether oxygens (including phenoxy) is 1. The molecule has 1 aromatic heterocycles. The van der Waals surface area contributed by atoms with E-state index in [1.807, 2.05) is 68.4 Å². The van der Waals surface area contributed by atoms with E-state index in [1.54, 1.807) is 59.4 Å². The fourth-order valence-corrected chi connectivity index (χ4v) is 4.51. The van der Waals surface area contributed by atoms with Gasteiger partial charge < -0.3 is 10.1 Å². The Kier molecular flexibility index (Phi) is 7.57. The zero-order chi connectivity index (χ0) is 27.4. The standard InChI is InChI=1S/C32H26ClN3O3/c1-21-17-22(2)19-26(18-21)34-31(37)30(24-9-5-3-6-10-24)39-32(38)28-20-36(27-11-7-4-8-12-27)35-29(28)23-13-15-25(33)16-14-23/h3-20,30H,1-2H3,(H,34,37)/t30-/m1/s1. The third kappa shape index (κ3) is 6.08. The van der Waals surface area contributed by atoms with E-state index >= 15 is 0 Å². The highest BCUT2D eigenvalue weighted by atomic mass is 35.5. The fourth-order valence-electron chi connectivity index (χ4n) is 4.38. The smallest absolute Gasteiger partial charge is 0.343 e. The molecule has 0 bridgehead atoms. The van der Waals surface area contributed by atoms with Gasteiger partial charge in [-0.25, -0.2) is 9.48 Å². The van der Waals surface area contributed by atoms with Gasteiger partial charge in [0, 0.05) is 28.0 Å². The lowest BCUT2D eigenvalue weighted by Gasteiger charge is -2.18. The minimum atomic E-state index is -1.18. The van der Waals surface area contributed by atoms with Crippen molar-refractivity contribution in [3.05, 3.63) is 137 Å². The maximum atomic E-state index is 13.7. The summed E-state index contributed by atoms with van der Waals surface area (Å²) in [6.45, 7) is 3.92. The Labute approximate surface area is 231 Å². The van der Waals surface area contributed by atoms with Crippen LogP contribution in [0.2, 0.25) is 5.02 Å². The van der Waals surface area contributed by atoms with Crippen LogP contribution in [0.4, 0.5) is 5.69 Å². The van der Waals surface area contributed by atoms with Crippen LogP contribution in [0, 0.1) is 13.8 Å². The zero-order valence-corrected chi connectivity index (χ0v) is 22.2. The number of para-hydroxylation sites is 1. The first-order chi connectivity index (χ1) is 18.9. The maximum absolute atomic E-state index is 13.7. The van der Waals surface area contributed by atoms with E-state index in [4.69, 9.17) is 16.3 Å². The van der Waals surface area contributed by atoms with E-state index in [-0.39, 0.29) is 5.56 Å². The fraction of sp³-hybridized carbons (Fsp3) is 0.0938. The summed E-state index contributed by atoms with van der Waals surface area (Å²) in [5.74, 6) is -1.13. The molecule has 0 unspecified atom stereocenters. The molecule has 1 atom stereocenters. The Morgan fingerprint density at radius 2 is 1.46 bits per heavy atom. The van der Waals surface area contributed by atoms with E-state index in [0.717, 1.165) is 16.8 Å². The summed E-state index contributed by atoms with van der Waals surface area (Å²) in [5.41, 5.74) is 5.32. The molecule has 6 nitrogen and oxygen atoms in total. The highest BCUT2D eigenvalue weighted by molar-refractivity contribution is 6.30. The van der Waals surface area contributed by atoms with Gasteiger partial charge in [-0.3, -0.25) is 4.79 Å². The van der Waals surface area contributed by atoms with E-state index in [1.165, 1.54) is 0 Å². The number of hydrogen-bond acceptors (Lipinski definition) is 4. The number of carbonyl (C=O) groups is 2. The molecule has 0 aliphatic rings. The Bertz CT molecular complexity index is 1590. The van der Waals surface area contributed by atoms with Crippen LogP contribution in [-0.4, -0.2) is 21.7 Å². The van der Waals surface area contributed by atoms with Gasteiger partial charge in [0.15, 0.2) is 0 Å². The Hall–Kier alpha value is -4.68. The number of aromatic nitrogens is 2. The van der Waals surface area contributed by atoms with Crippen molar-refractivity contribution in [3.8, 4) is 16.9 Å². The number of amides is 1. The molecule has 1 N–H and O–H groups in total. The molecular formula is C32H26ClN3O3. The quantitative estimate of drug-likeness (QED) is 0.221. The lowest BCUT2D eigenvalue weighted by atomic mass is 10.1. The average Bonchev–Trinajstić information content (AvgIpc) is 3.38. The molecule has 0 spiro atoms.